The molecule has 2 aliphatic heterocycles. The SMILES string of the molecule is CN(C(=O)C(=O)NCC1C2CCC(O2)C1CCCCCCC(=O)O)C1CCCCC1. The molecular formula is C23H38N2O5. The molecule has 3 rings (SSSR count). The Morgan fingerprint density at radius 2 is 1.60 bits per heavy atom. The van der Waals surface area contributed by atoms with E-state index in [1.54, 1.807) is 11.9 Å². The van der Waals surface area contributed by atoms with Gasteiger partial charge in [-0.05, 0) is 44.4 Å². The first-order valence-electron chi connectivity index (χ1n) is 11.9. The Morgan fingerprint density at radius 3 is 2.30 bits per heavy atom. The Labute approximate surface area is 179 Å². The van der Waals surface area contributed by atoms with Crippen molar-refractivity contribution in [2.75, 3.05) is 13.6 Å². The second-order valence-corrected chi connectivity index (χ2v) is 9.38. The number of carboxylic acids is 1. The highest BCUT2D eigenvalue weighted by Gasteiger charge is 2.48. The van der Waals surface area contributed by atoms with Crippen LogP contribution < -0.4 is 5.32 Å². The number of amides is 2. The normalized spacial score (nSPS) is 28.4. The summed E-state index contributed by atoms with van der Waals surface area (Å²) in [7, 11) is 1.76. The molecule has 0 radical (unpaired) electrons. The average molecular weight is 423 g/mol. The van der Waals surface area contributed by atoms with Crippen molar-refractivity contribution in [1.29, 1.82) is 0 Å². The van der Waals surface area contributed by atoms with Crippen molar-refractivity contribution in [1.82, 2.24) is 10.2 Å². The molecule has 0 aromatic heterocycles. The minimum Gasteiger partial charge on any atom is -0.481 e. The van der Waals surface area contributed by atoms with Gasteiger partial charge in [-0.1, -0.05) is 38.5 Å². The number of hydrogen-bond donors (Lipinski definition) is 2. The Hall–Kier alpha value is -1.63. The highest BCUT2D eigenvalue weighted by atomic mass is 16.5. The van der Waals surface area contributed by atoms with Crippen LogP contribution in [0.5, 0.6) is 0 Å². The molecule has 0 spiro atoms. The van der Waals surface area contributed by atoms with E-state index in [-0.39, 0.29) is 30.6 Å². The number of fused-ring (bicyclic) bond motifs is 2. The number of nitrogens with zero attached hydrogens (tertiary/aromatic N) is 1. The summed E-state index contributed by atoms with van der Waals surface area (Å²) in [5.74, 6) is -0.926. The number of nitrogens with one attached hydrogen (secondary N) is 1. The van der Waals surface area contributed by atoms with Gasteiger partial charge in [-0.15, -0.1) is 0 Å². The summed E-state index contributed by atoms with van der Waals surface area (Å²) < 4.78 is 6.12. The summed E-state index contributed by atoms with van der Waals surface area (Å²) in [4.78, 5) is 37.3. The average Bonchev–Trinajstić information content (AvgIpc) is 3.35. The van der Waals surface area contributed by atoms with Gasteiger partial charge in [0.05, 0.1) is 12.2 Å². The summed E-state index contributed by atoms with van der Waals surface area (Å²) in [6.45, 7) is 0.508. The molecule has 0 aromatic carbocycles. The Bertz CT molecular complexity index is 604. The number of hydrogen-bond acceptors (Lipinski definition) is 4. The van der Waals surface area contributed by atoms with E-state index in [9.17, 15) is 14.4 Å². The molecule has 2 saturated heterocycles. The summed E-state index contributed by atoms with van der Waals surface area (Å²) in [6, 6.07) is 0.191. The molecule has 4 unspecified atom stereocenters. The third kappa shape index (κ3) is 5.96. The lowest BCUT2D eigenvalue weighted by atomic mass is 9.76. The lowest BCUT2D eigenvalue weighted by molar-refractivity contribution is -0.146. The first kappa shape index (κ1) is 23.0. The van der Waals surface area contributed by atoms with Crippen LogP contribution in [0.3, 0.4) is 0 Å². The van der Waals surface area contributed by atoms with Crippen LogP contribution in [0.1, 0.15) is 83.5 Å². The number of likely N-dealkylation sites (N-methyl/N-ethyl adjacent to an activating group) is 1. The van der Waals surface area contributed by atoms with Crippen molar-refractivity contribution >= 4 is 17.8 Å². The molecule has 1 saturated carbocycles. The fourth-order valence-electron chi connectivity index (χ4n) is 5.64. The van der Waals surface area contributed by atoms with Crippen LogP contribution in [0.2, 0.25) is 0 Å². The van der Waals surface area contributed by atoms with E-state index in [2.05, 4.69) is 5.32 Å². The lowest BCUT2D eigenvalue weighted by Gasteiger charge is -2.31. The number of ether oxygens (including phenoxy) is 1. The van der Waals surface area contributed by atoms with Crippen LogP contribution in [0.15, 0.2) is 0 Å². The van der Waals surface area contributed by atoms with Gasteiger partial charge in [0.25, 0.3) is 0 Å². The van der Waals surface area contributed by atoms with Gasteiger partial charge in [-0.3, -0.25) is 14.4 Å². The molecule has 3 aliphatic rings. The monoisotopic (exact) mass is 422 g/mol. The molecule has 3 fully saturated rings. The predicted octanol–water partition coefficient (Wildman–Crippen LogP) is 3.11. The maximum atomic E-state index is 12.5. The van der Waals surface area contributed by atoms with Gasteiger partial charge in [-0.25, -0.2) is 0 Å². The Kier molecular flexibility index (Phi) is 8.54. The third-order valence-electron chi connectivity index (χ3n) is 7.40. The van der Waals surface area contributed by atoms with Crippen molar-refractivity contribution in [3.8, 4) is 0 Å². The van der Waals surface area contributed by atoms with Gasteiger partial charge in [0.15, 0.2) is 0 Å². The maximum Gasteiger partial charge on any atom is 0.311 e. The van der Waals surface area contributed by atoms with E-state index < -0.39 is 17.8 Å². The molecule has 2 N–H and O–H groups in total. The molecule has 4 atom stereocenters. The number of unbranched alkanes of at least 4 members (excludes halogenated alkanes) is 3. The molecule has 2 bridgehead atoms. The van der Waals surface area contributed by atoms with Gasteiger partial charge in [0.2, 0.25) is 0 Å². The summed E-state index contributed by atoms with van der Waals surface area (Å²) in [6.07, 6.45) is 13.1. The summed E-state index contributed by atoms with van der Waals surface area (Å²) >= 11 is 0. The Morgan fingerprint density at radius 1 is 0.933 bits per heavy atom. The van der Waals surface area contributed by atoms with Crippen molar-refractivity contribution in [3.05, 3.63) is 0 Å². The molecular weight excluding hydrogens is 384 g/mol. The fourth-order valence-corrected chi connectivity index (χ4v) is 5.64. The minimum absolute atomic E-state index is 0.191. The van der Waals surface area contributed by atoms with Gasteiger partial charge in [0, 0.05) is 32.0 Å². The topological polar surface area (TPSA) is 95.9 Å². The van der Waals surface area contributed by atoms with E-state index in [1.165, 1.54) is 6.42 Å². The van der Waals surface area contributed by atoms with Crippen molar-refractivity contribution < 1.29 is 24.2 Å². The molecule has 1 aliphatic carbocycles. The molecule has 7 nitrogen and oxygen atoms in total. The van der Waals surface area contributed by atoms with Crippen LogP contribution in [0.4, 0.5) is 0 Å². The zero-order chi connectivity index (χ0) is 21.5. The van der Waals surface area contributed by atoms with E-state index in [1.807, 2.05) is 0 Å². The van der Waals surface area contributed by atoms with Crippen LogP contribution in [0.25, 0.3) is 0 Å². The number of carbonyl (C=O) groups excluding carboxylic acids is 2. The minimum atomic E-state index is -0.726. The number of aliphatic carboxylic acids is 1. The predicted molar refractivity (Wildman–Crippen MR) is 113 cm³/mol. The second kappa shape index (κ2) is 11.1. The molecule has 2 amide bonds. The van der Waals surface area contributed by atoms with Gasteiger partial charge < -0.3 is 20.1 Å². The zero-order valence-corrected chi connectivity index (χ0v) is 18.3. The largest absolute Gasteiger partial charge is 0.481 e. The highest BCUT2D eigenvalue weighted by Crippen LogP contribution is 2.45. The standard InChI is InChI=1S/C23H38N2O5/c1-25(16-9-5-4-6-10-16)23(29)22(28)24-15-18-17(19-13-14-20(18)30-19)11-7-2-3-8-12-21(26)27/h16-20H,2-15H2,1H3,(H,24,28)(H,26,27). The van der Waals surface area contributed by atoms with E-state index in [4.69, 9.17) is 9.84 Å². The second-order valence-electron chi connectivity index (χ2n) is 9.38. The number of rotatable bonds is 10. The number of carboxylic acid groups (broad SMARTS) is 1. The van der Waals surface area contributed by atoms with Crippen molar-refractivity contribution in [2.24, 2.45) is 11.8 Å². The molecule has 2 heterocycles. The van der Waals surface area contributed by atoms with E-state index in [0.717, 1.165) is 70.6 Å². The molecule has 170 valence electrons. The molecule has 30 heavy (non-hydrogen) atoms. The quantitative estimate of drug-likeness (QED) is 0.417. The zero-order valence-electron chi connectivity index (χ0n) is 18.3. The lowest BCUT2D eigenvalue weighted by Crippen LogP contribution is -2.48. The maximum absolute atomic E-state index is 12.5. The van der Waals surface area contributed by atoms with Crippen LogP contribution >= 0.6 is 0 Å². The van der Waals surface area contributed by atoms with Crippen molar-refractivity contribution in [2.45, 2.75) is 102 Å². The van der Waals surface area contributed by atoms with Gasteiger partial charge >= 0.3 is 17.8 Å². The first-order chi connectivity index (χ1) is 14.5. The van der Waals surface area contributed by atoms with Crippen LogP contribution in [-0.4, -0.2) is 59.6 Å². The Balaban J connectivity index is 1.41. The van der Waals surface area contributed by atoms with Crippen molar-refractivity contribution in [3.63, 3.8) is 0 Å². The van der Waals surface area contributed by atoms with Crippen LogP contribution in [0, 0.1) is 11.8 Å². The number of carbonyl (C=O) groups is 3. The summed E-state index contributed by atoms with van der Waals surface area (Å²) in [5.41, 5.74) is 0. The van der Waals surface area contributed by atoms with Gasteiger partial charge in [-0.2, -0.15) is 0 Å². The van der Waals surface area contributed by atoms with Crippen LogP contribution in [-0.2, 0) is 19.1 Å². The van der Waals surface area contributed by atoms with E-state index in [0.29, 0.717) is 12.5 Å². The summed E-state index contributed by atoms with van der Waals surface area (Å²) in [5, 5.41) is 11.6. The highest BCUT2D eigenvalue weighted by molar-refractivity contribution is 6.35. The molecule has 7 heteroatoms. The fraction of sp³-hybridized carbons (Fsp3) is 0.870. The van der Waals surface area contributed by atoms with E-state index >= 15 is 0 Å². The first-order valence-corrected chi connectivity index (χ1v) is 11.9. The van der Waals surface area contributed by atoms with Gasteiger partial charge in [0.1, 0.15) is 0 Å². The molecule has 0 aromatic rings. The third-order valence-corrected chi connectivity index (χ3v) is 7.40. The smallest absolute Gasteiger partial charge is 0.311 e.